The first-order chi connectivity index (χ1) is 12.1. The number of nitrogens with one attached hydrogen (secondary N) is 1. The molecule has 2 heterocycles. The van der Waals surface area contributed by atoms with Crippen LogP contribution in [0.2, 0.25) is 0 Å². The van der Waals surface area contributed by atoms with E-state index < -0.39 is 0 Å². The number of fused-ring (bicyclic) bond motifs is 1. The molecular weight excluding hydrogens is 318 g/mol. The molecule has 25 heavy (non-hydrogen) atoms. The van der Waals surface area contributed by atoms with Crippen LogP contribution < -0.4 is 5.32 Å². The van der Waals surface area contributed by atoms with E-state index in [-0.39, 0.29) is 11.8 Å². The Bertz CT molecular complexity index is 728. The highest BCUT2D eigenvalue weighted by Gasteiger charge is 2.15. The first-order valence-corrected chi connectivity index (χ1v) is 8.82. The molecule has 0 bridgehead atoms. The predicted octanol–water partition coefficient (Wildman–Crippen LogP) is 2.09. The van der Waals surface area contributed by atoms with Crippen LogP contribution in [0.15, 0.2) is 24.3 Å². The van der Waals surface area contributed by atoms with E-state index in [0.717, 1.165) is 36.6 Å². The number of aromatic hydroxyl groups is 1. The maximum Gasteiger partial charge on any atom is 0.317 e. The number of carbonyl (C=O) groups is 1. The van der Waals surface area contributed by atoms with Crippen LogP contribution in [0.3, 0.4) is 0 Å². The summed E-state index contributed by atoms with van der Waals surface area (Å²) < 4.78 is 2.20. The number of rotatable bonds is 5. The normalized spacial score (nSPS) is 13.8. The summed E-state index contributed by atoms with van der Waals surface area (Å²) >= 11 is 0. The SMILES string of the molecule is CN(Cc1ccccc1O)C(=O)NCCc1nnc2n1CCCCC2. The zero-order valence-corrected chi connectivity index (χ0v) is 14.6. The van der Waals surface area contributed by atoms with E-state index in [1.165, 1.54) is 12.8 Å². The smallest absolute Gasteiger partial charge is 0.317 e. The Morgan fingerprint density at radius 1 is 1.28 bits per heavy atom. The number of para-hydroxylation sites is 1. The number of aromatic nitrogens is 3. The Kier molecular flexibility index (Phi) is 5.53. The monoisotopic (exact) mass is 343 g/mol. The van der Waals surface area contributed by atoms with E-state index in [1.54, 1.807) is 24.1 Å². The maximum absolute atomic E-state index is 12.2. The van der Waals surface area contributed by atoms with Gasteiger partial charge in [-0.3, -0.25) is 0 Å². The van der Waals surface area contributed by atoms with Gasteiger partial charge in [0.25, 0.3) is 0 Å². The topological polar surface area (TPSA) is 83.3 Å². The third-order valence-electron chi connectivity index (χ3n) is 4.56. The summed E-state index contributed by atoms with van der Waals surface area (Å²) in [5.41, 5.74) is 0.725. The van der Waals surface area contributed by atoms with Crippen LogP contribution in [-0.4, -0.2) is 44.4 Å². The first-order valence-electron chi connectivity index (χ1n) is 8.82. The predicted molar refractivity (Wildman–Crippen MR) is 94.3 cm³/mol. The Hall–Kier alpha value is -2.57. The van der Waals surface area contributed by atoms with Gasteiger partial charge in [0.15, 0.2) is 0 Å². The van der Waals surface area contributed by atoms with Gasteiger partial charge in [-0.15, -0.1) is 10.2 Å². The molecule has 0 aliphatic carbocycles. The summed E-state index contributed by atoms with van der Waals surface area (Å²) in [6.45, 7) is 1.85. The van der Waals surface area contributed by atoms with Crippen LogP contribution in [-0.2, 0) is 25.9 Å². The van der Waals surface area contributed by atoms with Crippen molar-refractivity contribution in [2.75, 3.05) is 13.6 Å². The van der Waals surface area contributed by atoms with Gasteiger partial charge in [-0.05, 0) is 18.9 Å². The van der Waals surface area contributed by atoms with Crippen molar-refractivity contribution in [2.45, 2.75) is 45.2 Å². The van der Waals surface area contributed by atoms with Crippen molar-refractivity contribution in [2.24, 2.45) is 0 Å². The Morgan fingerprint density at radius 3 is 2.96 bits per heavy atom. The summed E-state index contributed by atoms with van der Waals surface area (Å²) in [6.07, 6.45) is 5.22. The van der Waals surface area contributed by atoms with Crippen molar-refractivity contribution in [3.63, 3.8) is 0 Å². The zero-order valence-electron chi connectivity index (χ0n) is 14.6. The molecule has 0 saturated carbocycles. The fourth-order valence-corrected chi connectivity index (χ4v) is 3.12. The average molecular weight is 343 g/mol. The minimum Gasteiger partial charge on any atom is -0.508 e. The number of benzene rings is 1. The number of phenols is 1. The number of urea groups is 1. The number of amides is 2. The fraction of sp³-hybridized carbons (Fsp3) is 0.500. The lowest BCUT2D eigenvalue weighted by Gasteiger charge is -2.18. The molecule has 0 fully saturated rings. The largest absolute Gasteiger partial charge is 0.508 e. The van der Waals surface area contributed by atoms with Crippen molar-refractivity contribution in [3.8, 4) is 5.75 Å². The van der Waals surface area contributed by atoms with Crippen molar-refractivity contribution in [1.29, 1.82) is 0 Å². The summed E-state index contributed by atoms with van der Waals surface area (Å²) in [7, 11) is 1.71. The highest BCUT2D eigenvalue weighted by Crippen LogP contribution is 2.17. The minimum absolute atomic E-state index is 0.168. The highest BCUT2D eigenvalue weighted by molar-refractivity contribution is 5.73. The van der Waals surface area contributed by atoms with Crippen LogP contribution >= 0.6 is 0 Å². The quantitative estimate of drug-likeness (QED) is 0.871. The van der Waals surface area contributed by atoms with Crippen molar-refractivity contribution in [3.05, 3.63) is 41.5 Å². The number of carbonyl (C=O) groups excluding carboxylic acids is 1. The lowest BCUT2D eigenvalue weighted by atomic mass is 10.2. The molecule has 1 aliphatic rings. The molecule has 0 saturated heterocycles. The van der Waals surface area contributed by atoms with E-state index in [4.69, 9.17) is 0 Å². The second-order valence-corrected chi connectivity index (χ2v) is 6.46. The van der Waals surface area contributed by atoms with Gasteiger partial charge in [0, 0.05) is 38.5 Å². The Morgan fingerprint density at radius 2 is 2.12 bits per heavy atom. The van der Waals surface area contributed by atoms with Gasteiger partial charge < -0.3 is 19.9 Å². The van der Waals surface area contributed by atoms with Crippen LogP contribution in [0.25, 0.3) is 0 Å². The van der Waals surface area contributed by atoms with Crippen LogP contribution in [0.1, 0.15) is 36.5 Å². The van der Waals surface area contributed by atoms with E-state index in [9.17, 15) is 9.90 Å². The number of hydrogen-bond acceptors (Lipinski definition) is 4. The molecule has 3 rings (SSSR count). The maximum atomic E-state index is 12.2. The molecule has 0 unspecified atom stereocenters. The highest BCUT2D eigenvalue weighted by atomic mass is 16.3. The van der Waals surface area contributed by atoms with Gasteiger partial charge in [-0.25, -0.2) is 4.79 Å². The van der Waals surface area contributed by atoms with Gasteiger partial charge >= 0.3 is 6.03 Å². The zero-order chi connectivity index (χ0) is 17.6. The molecule has 1 aliphatic heterocycles. The molecule has 2 amide bonds. The molecule has 0 radical (unpaired) electrons. The molecule has 2 N–H and O–H groups in total. The number of aryl methyl sites for hydroxylation is 1. The molecule has 134 valence electrons. The first kappa shape index (κ1) is 17.3. The van der Waals surface area contributed by atoms with E-state index in [0.29, 0.717) is 19.5 Å². The standard InChI is InChI=1S/C18H25N5O2/c1-22(13-14-7-4-5-8-15(14)24)18(25)19-11-10-17-21-20-16-9-3-2-6-12-23(16)17/h4-5,7-8,24H,2-3,6,9-13H2,1H3,(H,19,25). The fourth-order valence-electron chi connectivity index (χ4n) is 3.12. The molecule has 7 nitrogen and oxygen atoms in total. The average Bonchev–Trinajstić information content (AvgIpc) is 2.84. The lowest BCUT2D eigenvalue weighted by molar-refractivity contribution is 0.206. The number of nitrogens with zero attached hydrogens (tertiary/aromatic N) is 4. The third-order valence-corrected chi connectivity index (χ3v) is 4.56. The van der Waals surface area contributed by atoms with Crippen LogP contribution in [0.5, 0.6) is 5.75 Å². The molecule has 1 aromatic heterocycles. The van der Waals surface area contributed by atoms with Crippen molar-refractivity contribution < 1.29 is 9.90 Å². The second kappa shape index (κ2) is 8.00. The van der Waals surface area contributed by atoms with E-state index in [1.807, 2.05) is 12.1 Å². The van der Waals surface area contributed by atoms with Crippen molar-refractivity contribution in [1.82, 2.24) is 25.0 Å². The molecule has 0 atom stereocenters. The molecule has 7 heteroatoms. The van der Waals surface area contributed by atoms with Crippen LogP contribution in [0, 0.1) is 0 Å². The molecule has 2 aromatic rings. The summed E-state index contributed by atoms with van der Waals surface area (Å²) in [5, 5.41) is 21.3. The third kappa shape index (κ3) is 4.29. The van der Waals surface area contributed by atoms with Gasteiger partial charge in [0.2, 0.25) is 0 Å². The summed E-state index contributed by atoms with van der Waals surface area (Å²) in [4.78, 5) is 13.8. The van der Waals surface area contributed by atoms with Crippen molar-refractivity contribution >= 4 is 6.03 Å². The van der Waals surface area contributed by atoms with Gasteiger partial charge in [-0.1, -0.05) is 24.6 Å². The lowest BCUT2D eigenvalue weighted by Crippen LogP contribution is -2.38. The molecule has 0 spiro atoms. The van der Waals surface area contributed by atoms with Gasteiger partial charge in [0.05, 0.1) is 6.54 Å². The number of phenolic OH excluding ortho intramolecular Hbond substituents is 1. The summed E-state index contributed by atoms with van der Waals surface area (Å²) in [5.74, 6) is 2.21. The summed E-state index contributed by atoms with van der Waals surface area (Å²) in [6, 6.07) is 6.87. The minimum atomic E-state index is -0.168. The van der Waals surface area contributed by atoms with E-state index in [2.05, 4.69) is 20.1 Å². The second-order valence-electron chi connectivity index (χ2n) is 6.46. The van der Waals surface area contributed by atoms with Crippen LogP contribution in [0.4, 0.5) is 4.79 Å². The van der Waals surface area contributed by atoms with E-state index >= 15 is 0 Å². The molecular formula is C18H25N5O2. The Balaban J connectivity index is 1.49. The van der Waals surface area contributed by atoms with Gasteiger partial charge in [0.1, 0.15) is 17.4 Å². The number of hydrogen-bond donors (Lipinski definition) is 2. The Labute approximate surface area is 147 Å². The van der Waals surface area contributed by atoms with Gasteiger partial charge in [-0.2, -0.15) is 0 Å². The molecule has 1 aromatic carbocycles.